The zero-order valence-corrected chi connectivity index (χ0v) is 17.2. The highest BCUT2D eigenvalue weighted by atomic mass is 32.1. The number of nitrogens with one attached hydrogen (secondary N) is 1. The van der Waals surface area contributed by atoms with Gasteiger partial charge in [-0.2, -0.15) is 0 Å². The van der Waals surface area contributed by atoms with Gasteiger partial charge in [0.1, 0.15) is 28.9 Å². The number of aryl methyl sites for hydroxylation is 2. The van der Waals surface area contributed by atoms with Crippen LogP contribution in [0.1, 0.15) is 34.7 Å². The zero-order valence-electron chi connectivity index (χ0n) is 16.4. The molecule has 0 bridgehead atoms. The first kappa shape index (κ1) is 19.2. The third-order valence-corrected chi connectivity index (χ3v) is 5.68. The molecular formula is C21H21N3O4S. The number of amides is 3. The number of furan rings is 1. The van der Waals surface area contributed by atoms with Crippen LogP contribution in [0.25, 0.3) is 0 Å². The maximum absolute atomic E-state index is 12.9. The van der Waals surface area contributed by atoms with Gasteiger partial charge in [-0.1, -0.05) is 17.7 Å². The molecule has 150 valence electrons. The van der Waals surface area contributed by atoms with Crippen molar-refractivity contribution in [2.75, 3.05) is 0 Å². The van der Waals surface area contributed by atoms with Gasteiger partial charge in [-0.3, -0.25) is 9.69 Å². The lowest BCUT2D eigenvalue weighted by molar-refractivity contribution is -0.132. The molecule has 1 aliphatic heterocycles. The van der Waals surface area contributed by atoms with Gasteiger partial charge in [0.15, 0.2) is 5.54 Å². The highest BCUT2D eigenvalue weighted by Gasteiger charge is 2.51. The lowest BCUT2D eigenvalue weighted by Crippen LogP contribution is -2.40. The van der Waals surface area contributed by atoms with Crippen molar-refractivity contribution < 1.29 is 18.7 Å². The minimum atomic E-state index is -1.21. The van der Waals surface area contributed by atoms with Crippen LogP contribution >= 0.6 is 11.3 Å². The Hall–Kier alpha value is -3.13. The molecule has 3 amide bonds. The van der Waals surface area contributed by atoms with Crippen molar-refractivity contribution in [2.45, 2.75) is 39.5 Å². The summed E-state index contributed by atoms with van der Waals surface area (Å²) in [6, 6.07) is 10.8. The Morgan fingerprint density at radius 2 is 1.93 bits per heavy atom. The SMILES string of the molecule is Cc1ccc(OCc2nc(CN3C(=O)NC(C)(c4ccc(C)o4)C3=O)cs2)cc1. The van der Waals surface area contributed by atoms with Crippen LogP contribution in [0.15, 0.2) is 46.2 Å². The molecule has 3 heterocycles. The minimum Gasteiger partial charge on any atom is -0.486 e. The molecule has 29 heavy (non-hydrogen) atoms. The van der Waals surface area contributed by atoms with Crippen LogP contribution in [0.4, 0.5) is 4.79 Å². The first-order chi connectivity index (χ1) is 13.8. The van der Waals surface area contributed by atoms with Gasteiger partial charge in [0.25, 0.3) is 5.91 Å². The fourth-order valence-corrected chi connectivity index (χ4v) is 3.84. The van der Waals surface area contributed by atoms with E-state index in [-0.39, 0.29) is 12.5 Å². The number of aromatic nitrogens is 1. The second kappa shape index (κ2) is 7.36. The van der Waals surface area contributed by atoms with E-state index in [1.807, 2.05) is 36.6 Å². The molecule has 1 aliphatic rings. The van der Waals surface area contributed by atoms with Gasteiger partial charge in [-0.25, -0.2) is 9.78 Å². The molecule has 1 aromatic carbocycles. The molecule has 0 radical (unpaired) electrons. The van der Waals surface area contributed by atoms with Crippen molar-refractivity contribution in [3.05, 3.63) is 69.6 Å². The molecule has 1 saturated heterocycles. The molecule has 0 spiro atoms. The summed E-state index contributed by atoms with van der Waals surface area (Å²) in [5, 5.41) is 5.34. The summed E-state index contributed by atoms with van der Waals surface area (Å²) in [6.45, 7) is 5.89. The standard InChI is InChI=1S/C21H21N3O4S/c1-13-4-7-16(8-5-13)27-11-18-22-15(12-29-18)10-24-19(25)21(3,23-20(24)26)17-9-6-14(2)28-17/h4-9,12H,10-11H2,1-3H3,(H,23,26). The molecule has 7 nitrogen and oxygen atoms in total. The Labute approximate surface area is 172 Å². The smallest absolute Gasteiger partial charge is 0.325 e. The van der Waals surface area contributed by atoms with Crippen molar-refractivity contribution in [3.8, 4) is 5.75 Å². The van der Waals surface area contributed by atoms with Gasteiger partial charge in [0.2, 0.25) is 0 Å². The number of nitrogens with zero attached hydrogens (tertiary/aromatic N) is 2. The van der Waals surface area contributed by atoms with Gasteiger partial charge < -0.3 is 14.5 Å². The maximum Gasteiger partial charge on any atom is 0.325 e. The Balaban J connectivity index is 1.42. The predicted octanol–water partition coefficient (Wildman–Crippen LogP) is 3.90. The lowest BCUT2D eigenvalue weighted by atomic mass is 9.99. The Morgan fingerprint density at radius 1 is 1.17 bits per heavy atom. The topological polar surface area (TPSA) is 84.7 Å². The van der Waals surface area contributed by atoms with Gasteiger partial charge in [0, 0.05) is 5.38 Å². The van der Waals surface area contributed by atoms with Crippen LogP contribution in [0.2, 0.25) is 0 Å². The highest BCUT2D eigenvalue weighted by Crippen LogP contribution is 2.31. The van der Waals surface area contributed by atoms with E-state index in [0.29, 0.717) is 23.8 Å². The normalized spacial score (nSPS) is 18.9. The van der Waals surface area contributed by atoms with Crippen LogP contribution in [0, 0.1) is 13.8 Å². The summed E-state index contributed by atoms with van der Waals surface area (Å²) in [5.41, 5.74) is 0.596. The van der Waals surface area contributed by atoms with E-state index in [1.54, 1.807) is 26.0 Å². The van der Waals surface area contributed by atoms with Crippen LogP contribution in [-0.4, -0.2) is 21.8 Å². The summed E-state index contributed by atoms with van der Waals surface area (Å²) < 4.78 is 11.3. The molecule has 4 rings (SSSR count). The second-order valence-corrected chi connectivity index (χ2v) is 8.13. The molecule has 0 saturated carbocycles. The molecule has 2 aromatic heterocycles. The number of urea groups is 1. The van der Waals surface area contributed by atoms with E-state index < -0.39 is 11.6 Å². The van der Waals surface area contributed by atoms with Crippen molar-refractivity contribution >= 4 is 23.3 Å². The predicted molar refractivity (Wildman–Crippen MR) is 108 cm³/mol. The molecular weight excluding hydrogens is 390 g/mol. The molecule has 1 fully saturated rings. The molecule has 3 aromatic rings. The van der Waals surface area contributed by atoms with Crippen molar-refractivity contribution in [1.29, 1.82) is 0 Å². The minimum absolute atomic E-state index is 0.0982. The van der Waals surface area contributed by atoms with Crippen molar-refractivity contribution in [1.82, 2.24) is 15.2 Å². The quantitative estimate of drug-likeness (QED) is 0.622. The number of thiazole rings is 1. The second-order valence-electron chi connectivity index (χ2n) is 7.19. The summed E-state index contributed by atoms with van der Waals surface area (Å²) in [6.07, 6.45) is 0. The lowest BCUT2D eigenvalue weighted by Gasteiger charge is -2.18. The zero-order chi connectivity index (χ0) is 20.6. The average Bonchev–Trinajstić information content (AvgIpc) is 3.38. The van der Waals surface area contributed by atoms with Crippen LogP contribution < -0.4 is 10.1 Å². The molecule has 1 unspecified atom stereocenters. The maximum atomic E-state index is 12.9. The Kier molecular flexibility index (Phi) is 4.87. The Bertz CT molecular complexity index is 1060. The Morgan fingerprint density at radius 3 is 2.62 bits per heavy atom. The van der Waals surface area contributed by atoms with Gasteiger partial charge in [-0.05, 0) is 45.0 Å². The van der Waals surface area contributed by atoms with Crippen LogP contribution in [0.3, 0.4) is 0 Å². The fraction of sp³-hybridized carbons (Fsp3) is 0.286. The third kappa shape index (κ3) is 3.75. The van der Waals surface area contributed by atoms with Gasteiger partial charge in [0.05, 0.1) is 12.2 Å². The molecule has 1 N–H and O–H groups in total. The van der Waals surface area contributed by atoms with Crippen LogP contribution in [-0.2, 0) is 23.5 Å². The van der Waals surface area contributed by atoms with E-state index in [0.717, 1.165) is 15.7 Å². The van der Waals surface area contributed by atoms with E-state index >= 15 is 0 Å². The van der Waals surface area contributed by atoms with E-state index in [2.05, 4.69) is 10.3 Å². The first-order valence-corrected chi connectivity index (χ1v) is 10.1. The number of imide groups is 1. The number of hydrogen-bond acceptors (Lipinski definition) is 6. The first-order valence-electron chi connectivity index (χ1n) is 9.19. The number of benzene rings is 1. The number of rotatable bonds is 6. The van der Waals surface area contributed by atoms with Crippen LogP contribution in [0.5, 0.6) is 5.75 Å². The highest BCUT2D eigenvalue weighted by molar-refractivity contribution is 7.09. The summed E-state index contributed by atoms with van der Waals surface area (Å²) in [7, 11) is 0. The summed E-state index contributed by atoms with van der Waals surface area (Å²) in [5.74, 6) is 1.51. The third-order valence-electron chi connectivity index (χ3n) is 4.81. The summed E-state index contributed by atoms with van der Waals surface area (Å²) >= 11 is 1.43. The number of hydrogen-bond donors (Lipinski definition) is 1. The molecule has 8 heteroatoms. The van der Waals surface area contributed by atoms with E-state index in [9.17, 15) is 9.59 Å². The fourth-order valence-electron chi connectivity index (χ4n) is 3.14. The van der Waals surface area contributed by atoms with Crippen molar-refractivity contribution in [2.24, 2.45) is 0 Å². The molecule has 1 atom stereocenters. The largest absolute Gasteiger partial charge is 0.486 e. The number of carbonyl (C=O) groups excluding carboxylic acids is 2. The summed E-state index contributed by atoms with van der Waals surface area (Å²) in [4.78, 5) is 31.0. The average molecular weight is 411 g/mol. The number of carbonyl (C=O) groups is 2. The van der Waals surface area contributed by atoms with E-state index in [1.165, 1.54) is 16.9 Å². The number of ether oxygens (including phenoxy) is 1. The molecule has 0 aliphatic carbocycles. The van der Waals surface area contributed by atoms with E-state index in [4.69, 9.17) is 9.15 Å². The van der Waals surface area contributed by atoms with Gasteiger partial charge >= 0.3 is 6.03 Å². The van der Waals surface area contributed by atoms with Gasteiger partial charge in [-0.15, -0.1) is 11.3 Å². The van der Waals surface area contributed by atoms with Crippen molar-refractivity contribution in [3.63, 3.8) is 0 Å². The monoisotopic (exact) mass is 411 g/mol.